The molecule has 0 rings (SSSR count). The first kappa shape index (κ1) is 6.14. The molecule has 0 heterocycles. The summed E-state index contributed by atoms with van der Waals surface area (Å²) in [5.74, 6) is 0. The summed E-state index contributed by atoms with van der Waals surface area (Å²) in [6.07, 6.45) is 0. The van der Waals surface area contributed by atoms with Crippen molar-refractivity contribution < 1.29 is 30.3 Å². The van der Waals surface area contributed by atoms with E-state index < -0.39 is 29.3 Å². The molecule has 0 saturated carbocycles. The van der Waals surface area contributed by atoms with Gasteiger partial charge in [-0.05, 0) is 0 Å². The van der Waals surface area contributed by atoms with Crippen LogP contribution in [-0.4, -0.2) is 0 Å². The van der Waals surface area contributed by atoms with Gasteiger partial charge >= 0.3 is 47.9 Å². The summed E-state index contributed by atoms with van der Waals surface area (Å²) in [7, 11) is 5.69. The SMILES string of the molecule is [O]=[Ce]([Br])[Br]. The van der Waals surface area contributed by atoms with Crippen molar-refractivity contribution in [1.82, 2.24) is 0 Å². The normalized spacial score (nSPS) is 6.50. The molecule has 0 aromatic carbocycles. The molecular formula is Br2CeO. The average molecular weight is 316 g/mol. The Morgan fingerprint density at radius 1 is 1.50 bits per heavy atom. The molecule has 4 heavy (non-hydrogen) atoms. The Bertz CT molecular complexity index is 29.0. The van der Waals surface area contributed by atoms with Gasteiger partial charge in [-0.1, -0.05) is 0 Å². The molecule has 0 fully saturated rings. The second-order valence-electron chi connectivity index (χ2n) is 0.226. The molecule has 0 aliphatic rings. The van der Waals surface area contributed by atoms with Crippen molar-refractivity contribution in [2.24, 2.45) is 0 Å². The molecule has 0 aromatic rings. The van der Waals surface area contributed by atoms with E-state index in [4.69, 9.17) is 0 Å². The van der Waals surface area contributed by atoms with Gasteiger partial charge in [0.25, 0.3) is 0 Å². The van der Waals surface area contributed by atoms with Gasteiger partial charge in [0.05, 0.1) is 0 Å². The van der Waals surface area contributed by atoms with Crippen LogP contribution in [0.25, 0.3) is 0 Å². The monoisotopic (exact) mass is 314 g/mol. The zero-order chi connectivity index (χ0) is 3.58. The maximum atomic E-state index is 9.57. The maximum absolute atomic E-state index is 9.57. The fraction of sp³-hybridized carbons (Fsp3) is 0. The summed E-state index contributed by atoms with van der Waals surface area (Å²) in [5.41, 5.74) is 0. The Labute approximate surface area is 46.4 Å². The van der Waals surface area contributed by atoms with Crippen molar-refractivity contribution in [1.29, 1.82) is 0 Å². The molecule has 4 heteroatoms. The van der Waals surface area contributed by atoms with E-state index >= 15 is 0 Å². The zero-order valence-corrected chi connectivity index (χ0v) is 7.98. The predicted molar refractivity (Wildman–Crippen MR) is 18.5 cm³/mol. The van der Waals surface area contributed by atoms with Crippen molar-refractivity contribution in [3.05, 3.63) is 0 Å². The first-order chi connectivity index (χ1) is 1.73. The van der Waals surface area contributed by atoms with E-state index in [0.717, 1.165) is 0 Å². The molecule has 0 amide bonds. The zero-order valence-electron chi connectivity index (χ0n) is 1.66. The summed E-state index contributed by atoms with van der Waals surface area (Å²) >= 11 is -2.28. The minimum atomic E-state index is -2.28. The standard InChI is InChI=1S/2BrH.Ce.O/h2*1H;;/q;;+2;/p-2. The fourth-order valence-electron chi connectivity index (χ4n) is 0. The van der Waals surface area contributed by atoms with E-state index in [0.29, 0.717) is 0 Å². The molecule has 0 spiro atoms. The van der Waals surface area contributed by atoms with Crippen LogP contribution >= 0.6 is 17.6 Å². The second kappa shape index (κ2) is 3.33. The minimum absolute atomic E-state index is 2.28. The Kier molecular flexibility index (Phi) is 5.11. The molecular weight excluding hydrogens is 316 g/mol. The number of halogens is 2. The molecule has 0 saturated heterocycles. The van der Waals surface area contributed by atoms with Crippen LogP contribution in [0.1, 0.15) is 0 Å². The third-order valence-electron chi connectivity index (χ3n) is 0. The fourth-order valence-corrected chi connectivity index (χ4v) is 0. The van der Waals surface area contributed by atoms with Crippen LogP contribution in [0.15, 0.2) is 0 Å². The first-order valence-electron chi connectivity index (χ1n) is 0.582. The Morgan fingerprint density at radius 2 is 1.50 bits per heavy atom. The molecule has 0 bridgehead atoms. The van der Waals surface area contributed by atoms with Gasteiger partial charge in [-0.25, -0.2) is 0 Å². The van der Waals surface area contributed by atoms with Crippen LogP contribution in [0.3, 0.4) is 0 Å². The summed E-state index contributed by atoms with van der Waals surface area (Å²) in [6.45, 7) is 0. The van der Waals surface area contributed by atoms with Crippen molar-refractivity contribution in [3.8, 4) is 0 Å². The van der Waals surface area contributed by atoms with Gasteiger partial charge in [-0.3, -0.25) is 0 Å². The van der Waals surface area contributed by atoms with E-state index in [9.17, 15) is 0.938 Å². The third kappa shape index (κ3) is 8.91. The summed E-state index contributed by atoms with van der Waals surface area (Å²) < 4.78 is 9.57. The third-order valence-corrected chi connectivity index (χ3v) is 0. The van der Waals surface area contributed by atoms with Gasteiger partial charge in [0.2, 0.25) is 0 Å². The molecule has 0 aromatic heterocycles. The van der Waals surface area contributed by atoms with E-state index in [2.05, 4.69) is 17.6 Å². The quantitative estimate of drug-likeness (QED) is 0.663. The van der Waals surface area contributed by atoms with E-state index in [-0.39, 0.29) is 0 Å². The van der Waals surface area contributed by atoms with Crippen LogP contribution in [0.4, 0.5) is 0 Å². The van der Waals surface area contributed by atoms with Crippen molar-refractivity contribution >= 4 is 17.6 Å². The second-order valence-corrected chi connectivity index (χ2v) is 19.9. The number of rotatable bonds is 0. The molecule has 1 nitrogen and oxygen atoms in total. The summed E-state index contributed by atoms with van der Waals surface area (Å²) in [5, 5.41) is 0. The molecule has 0 atom stereocenters. The van der Waals surface area contributed by atoms with Crippen LogP contribution in [-0.2, 0) is 0.938 Å². The number of hydrogen-bond donors (Lipinski definition) is 0. The summed E-state index contributed by atoms with van der Waals surface area (Å²) in [4.78, 5) is 0. The van der Waals surface area contributed by atoms with E-state index in [1.807, 2.05) is 0 Å². The first-order valence-corrected chi connectivity index (χ1v) is 15.8. The molecule has 0 N–H and O–H groups in total. The molecule has 24 valence electrons. The van der Waals surface area contributed by atoms with Crippen molar-refractivity contribution in [2.45, 2.75) is 0 Å². The van der Waals surface area contributed by atoms with Gasteiger partial charge in [0.1, 0.15) is 0 Å². The predicted octanol–water partition coefficient (Wildman–Crippen LogP) is 1.57. The molecule has 0 aliphatic heterocycles. The molecule has 0 radical (unpaired) electrons. The Hall–Kier alpha value is 2.14. The average Bonchev–Trinajstić information content (AvgIpc) is 0.811. The van der Waals surface area contributed by atoms with Crippen LogP contribution in [0.2, 0.25) is 0 Å². The Morgan fingerprint density at radius 3 is 1.50 bits per heavy atom. The van der Waals surface area contributed by atoms with Gasteiger partial charge in [-0.15, -0.1) is 0 Å². The van der Waals surface area contributed by atoms with Crippen LogP contribution in [0.5, 0.6) is 0 Å². The van der Waals surface area contributed by atoms with Gasteiger partial charge in [0.15, 0.2) is 0 Å². The van der Waals surface area contributed by atoms with Crippen LogP contribution < -0.4 is 0 Å². The Balaban J connectivity index is 2.80. The van der Waals surface area contributed by atoms with Crippen molar-refractivity contribution in [2.75, 3.05) is 0 Å². The van der Waals surface area contributed by atoms with Gasteiger partial charge in [-0.2, -0.15) is 0 Å². The van der Waals surface area contributed by atoms with Crippen LogP contribution in [0, 0.1) is 29.3 Å². The summed E-state index contributed by atoms with van der Waals surface area (Å²) in [6, 6.07) is 0. The van der Waals surface area contributed by atoms with Crippen molar-refractivity contribution in [3.63, 3.8) is 0 Å². The molecule has 0 aliphatic carbocycles. The van der Waals surface area contributed by atoms with E-state index in [1.165, 1.54) is 0 Å². The topological polar surface area (TPSA) is 17.1 Å². The molecule has 0 unspecified atom stereocenters. The van der Waals surface area contributed by atoms with E-state index in [1.54, 1.807) is 0 Å². The van der Waals surface area contributed by atoms with Gasteiger partial charge in [0, 0.05) is 0 Å². The number of hydrogen-bond acceptors (Lipinski definition) is 1. The van der Waals surface area contributed by atoms with Gasteiger partial charge < -0.3 is 0 Å².